The molecule has 1 aromatic carbocycles. The third kappa shape index (κ3) is 2.92. The van der Waals surface area contributed by atoms with Crippen LogP contribution in [0.15, 0.2) is 41.4 Å². The standard InChI is InChI=1S/C16H18N2S2/c1-2-7-18-14(16-9-17-11-20-16)8-12-10-19-15-6-4-3-5-13(12)15/h3-6,9-11,14,18H,2,7-8H2,1H3. The van der Waals surface area contributed by atoms with Gasteiger partial charge in [-0.3, -0.25) is 4.98 Å². The monoisotopic (exact) mass is 302 g/mol. The summed E-state index contributed by atoms with van der Waals surface area (Å²) in [5.41, 5.74) is 3.36. The number of fused-ring (bicyclic) bond motifs is 1. The lowest BCUT2D eigenvalue weighted by Gasteiger charge is -2.16. The smallest absolute Gasteiger partial charge is 0.0794 e. The van der Waals surface area contributed by atoms with Crippen LogP contribution < -0.4 is 5.32 Å². The van der Waals surface area contributed by atoms with Crippen molar-refractivity contribution in [2.75, 3.05) is 6.54 Å². The molecule has 0 saturated carbocycles. The zero-order valence-corrected chi connectivity index (χ0v) is 13.1. The Morgan fingerprint density at radius 3 is 2.95 bits per heavy atom. The number of hydrogen-bond acceptors (Lipinski definition) is 4. The zero-order valence-electron chi connectivity index (χ0n) is 11.5. The average molecular weight is 302 g/mol. The van der Waals surface area contributed by atoms with Crippen LogP contribution in [0.4, 0.5) is 0 Å². The minimum absolute atomic E-state index is 0.375. The van der Waals surface area contributed by atoms with E-state index in [0.717, 1.165) is 19.4 Å². The maximum atomic E-state index is 4.22. The van der Waals surface area contributed by atoms with E-state index in [0.29, 0.717) is 6.04 Å². The Kier molecular flexibility index (Phi) is 4.45. The third-order valence-electron chi connectivity index (χ3n) is 3.42. The third-order valence-corrected chi connectivity index (χ3v) is 5.32. The number of rotatable bonds is 6. The van der Waals surface area contributed by atoms with Gasteiger partial charge in [0, 0.05) is 21.8 Å². The lowest BCUT2D eigenvalue weighted by atomic mass is 10.0. The maximum absolute atomic E-state index is 4.22. The van der Waals surface area contributed by atoms with Crippen LogP contribution in [0.5, 0.6) is 0 Å². The van der Waals surface area contributed by atoms with Gasteiger partial charge in [0.2, 0.25) is 0 Å². The molecular weight excluding hydrogens is 284 g/mol. The van der Waals surface area contributed by atoms with Crippen molar-refractivity contribution < 1.29 is 0 Å². The lowest BCUT2D eigenvalue weighted by Crippen LogP contribution is -2.23. The number of thiophene rings is 1. The van der Waals surface area contributed by atoms with Gasteiger partial charge < -0.3 is 5.32 Å². The molecule has 1 N–H and O–H groups in total. The van der Waals surface area contributed by atoms with Gasteiger partial charge >= 0.3 is 0 Å². The van der Waals surface area contributed by atoms with Crippen LogP contribution in [-0.4, -0.2) is 11.5 Å². The van der Waals surface area contributed by atoms with Crippen LogP contribution in [0.1, 0.15) is 29.8 Å². The second-order valence-corrected chi connectivity index (χ2v) is 6.70. The van der Waals surface area contributed by atoms with Crippen LogP contribution in [0, 0.1) is 0 Å². The van der Waals surface area contributed by atoms with Crippen LogP contribution in [0.25, 0.3) is 10.1 Å². The summed E-state index contributed by atoms with van der Waals surface area (Å²) in [6, 6.07) is 9.04. The van der Waals surface area contributed by atoms with Gasteiger partial charge in [-0.15, -0.1) is 22.7 Å². The molecule has 0 amide bonds. The lowest BCUT2D eigenvalue weighted by molar-refractivity contribution is 0.537. The molecule has 0 bridgehead atoms. The molecule has 2 heterocycles. The van der Waals surface area contributed by atoms with Crippen molar-refractivity contribution in [3.05, 3.63) is 51.8 Å². The number of thiazole rings is 1. The van der Waals surface area contributed by atoms with Crippen LogP contribution in [0.2, 0.25) is 0 Å². The van der Waals surface area contributed by atoms with E-state index in [1.807, 2.05) is 23.0 Å². The van der Waals surface area contributed by atoms with Crippen molar-refractivity contribution in [2.45, 2.75) is 25.8 Å². The van der Waals surface area contributed by atoms with Crippen LogP contribution in [-0.2, 0) is 6.42 Å². The summed E-state index contributed by atoms with van der Waals surface area (Å²) < 4.78 is 1.38. The Hall–Kier alpha value is -1.23. The van der Waals surface area contributed by atoms with E-state index in [1.165, 1.54) is 20.5 Å². The minimum Gasteiger partial charge on any atom is -0.309 e. The molecule has 1 atom stereocenters. The van der Waals surface area contributed by atoms with E-state index in [1.54, 1.807) is 11.3 Å². The van der Waals surface area contributed by atoms with Gasteiger partial charge in [-0.1, -0.05) is 25.1 Å². The van der Waals surface area contributed by atoms with Crippen molar-refractivity contribution >= 4 is 32.8 Å². The van der Waals surface area contributed by atoms with Gasteiger partial charge in [-0.25, -0.2) is 0 Å². The number of benzene rings is 1. The summed E-state index contributed by atoms with van der Waals surface area (Å²) in [7, 11) is 0. The largest absolute Gasteiger partial charge is 0.309 e. The first kappa shape index (κ1) is 13.7. The fraction of sp³-hybridized carbons (Fsp3) is 0.312. The average Bonchev–Trinajstić information content (AvgIpc) is 3.13. The summed E-state index contributed by atoms with van der Waals surface area (Å²) in [5.74, 6) is 0. The van der Waals surface area contributed by atoms with Gasteiger partial charge in [-0.2, -0.15) is 0 Å². The fourth-order valence-electron chi connectivity index (χ4n) is 2.40. The molecule has 4 heteroatoms. The van der Waals surface area contributed by atoms with Gasteiger partial charge in [0.05, 0.1) is 5.51 Å². The second kappa shape index (κ2) is 6.48. The Morgan fingerprint density at radius 1 is 1.25 bits per heavy atom. The second-order valence-electron chi connectivity index (χ2n) is 4.87. The molecule has 0 fully saturated rings. The van der Waals surface area contributed by atoms with Crippen molar-refractivity contribution in [3.8, 4) is 0 Å². The highest BCUT2D eigenvalue weighted by atomic mass is 32.1. The van der Waals surface area contributed by atoms with Crippen molar-refractivity contribution in [1.82, 2.24) is 10.3 Å². The maximum Gasteiger partial charge on any atom is 0.0794 e. The molecule has 0 aliphatic heterocycles. The highest BCUT2D eigenvalue weighted by Crippen LogP contribution is 2.30. The Bertz CT molecular complexity index is 658. The highest BCUT2D eigenvalue weighted by molar-refractivity contribution is 7.17. The predicted octanol–water partition coefficient (Wildman–Crippen LogP) is 4.64. The summed E-state index contributed by atoms with van der Waals surface area (Å²) in [6.07, 6.45) is 4.18. The minimum atomic E-state index is 0.375. The Labute approximate surface area is 127 Å². The molecule has 0 aliphatic rings. The van der Waals surface area contributed by atoms with Gasteiger partial charge in [0.15, 0.2) is 0 Å². The molecule has 3 aromatic rings. The molecule has 2 aromatic heterocycles. The molecule has 0 spiro atoms. The van der Waals surface area contributed by atoms with E-state index in [2.05, 4.69) is 46.9 Å². The van der Waals surface area contributed by atoms with E-state index >= 15 is 0 Å². The van der Waals surface area contributed by atoms with E-state index in [-0.39, 0.29) is 0 Å². The number of hydrogen-bond donors (Lipinski definition) is 1. The van der Waals surface area contributed by atoms with E-state index in [9.17, 15) is 0 Å². The SMILES string of the molecule is CCCNC(Cc1csc2ccccc12)c1cncs1. The molecule has 104 valence electrons. The summed E-state index contributed by atoms with van der Waals surface area (Å²) in [4.78, 5) is 5.55. The first-order chi connectivity index (χ1) is 9.88. The normalized spacial score (nSPS) is 12.8. The Balaban J connectivity index is 1.85. The Morgan fingerprint density at radius 2 is 2.15 bits per heavy atom. The molecule has 3 rings (SSSR count). The first-order valence-electron chi connectivity index (χ1n) is 6.95. The molecule has 2 nitrogen and oxygen atoms in total. The number of aromatic nitrogens is 1. The summed E-state index contributed by atoms with van der Waals surface area (Å²) in [5, 5.41) is 7.34. The number of nitrogens with zero attached hydrogens (tertiary/aromatic N) is 1. The summed E-state index contributed by atoms with van der Waals surface area (Å²) in [6.45, 7) is 3.25. The predicted molar refractivity (Wildman–Crippen MR) is 88.7 cm³/mol. The van der Waals surface area contributed by atoms with E-state index in [4.69, 9.17) is 0 Å². The van der Waals surface area contributed by atoms with Crippen LogP contribution in [0.3, 0.4) is 0 Å². The van der Waals surface area contributed by atoms with Crippen LogP contribution >= 0.6 is 22.7 Å². The zero-order chi connectivity index (χ0) is 13.8. The molecule has 20 heavy (non-hydrogen) atoms. The van der Waals surface area contributed by atoms with Crippen molar-refractivity contribution in [2.24, 2.45) is 0 Å². The summed E-state index contributed by atoms with van der Waals surface area (Å²) >= 11 is 3.58. The molecular formula is C16H18N2S2. The molecule has 0 aliphatic carbocycles. The van der Waals surface area contributed by atoms with Crippen molar-refractivity contribution in [1.29, 1.82) is 0 Å². The fourth-order valence-corrected chi connectivity index (χ4v) is 4.07. The molecule has 0 saturated heterocycles. The first-order valence-corrected chi connectivity index (χ1v) is 8.71. The van der Waals surface area contributed by atoms with Gasteiger partial charge in [0.25, 0.3) is 0 Å². The van der Waals surface area contributed by atoms with Gasteiger partial charge in [-0.05, 0) is 41.8 Å². The quantitative estimate of drug-likeness (QED) is 0.717. The topological polar surface area (TPSA) is 24.9 Å². The molecule has 1 unspecified atom stereocenters. The highest BCUT2D eigenvalue weighted by Gasteiger charge is 2.15. The molecule has 0 radical (unpaired) electrons. The number of nitrogens with one attached hydrogen (secondary N) is 1. The van der Waals surface area contributed by atoms with Crippen molar-refractivity contribution in [3.63, 3.8) is 0 Å². The van der Waals surface area contributed by atoms with Gasteiger partial charge in [0.1, 0.15) is 0 Å². The van der Waals surface area contributed by atoms with E-state index < -0.39 is 0 Å².